The third kappa shape index (κ3) is 4.24. The van der Waals surface area contributed by atoms with E-state index in [1.807, 2.05) is 13.8 Å². The van der Waals surface area contributed by atoms with Crippen LogP contribution in [0.5, 0.6) is 0 Å². The molecule has 1 aromatic carbocycles. The van der Waals surface area contributed by atoms with Crippen LogP contribution < -0.4 is 4.72 Å². The van der Waals surface area contributed by atoms with Crippen LogP contribution in [0.25, 0.3) is 0 Å². The summed E-state index contributed by atoms with van der Waals surface area (Å²) in [6.07, 6.45) is 0.560. The lowest BCUT2D eigenvalue weighted by Gasteiger charge is -2.12. The van der Waals surface area contributed by atoms with Gasteiger partial charge in [-0.2, -0.15) is 0 Å². The monoisotopic (exact) mass is 291 g/mol. The maximum absolute atomic E-state index is 12.0. The third-order valence-corrected chi connectivity index (χ3v) is 4.53. The molecule has 4 nitrogen and oxygen atoms in total. The van der Waals surface area contributed by atoms with E-state index in [1.165, 1.54) is 6.07 Å². The summed E-state index contributed by atoms with van der Waals surface area (Å²) in [6.45, 7) is 4.05. The van der Waals surface area contributed by atoms with E-state index < -0.39 is 10.0 Å². The lowest BCUT2D eigenvalue weighted by atomic mass is 10.1. The van der Waals surface area contributed by atoms with Gasteiger partial charge >= 0.3 is 0 Å². The van der Waals surface area contributed by atoms with E-state index in [9.17, 15) is 8.42 Å². The molecule has 0 aliphatic carbocycles. The number of halogens is 1. The Hall–Kier alpha value is -0.620. The standard InChI is InChI=1S/C12H18ClNO3S/c1-9-3-4-12(11(13)7-9)18(16,17)14-8-10(2)5-6-15/h3-4,7,10,14-15H,5-6,8H2,1-2H3. The van der Waals surface area contributed by atoms with E-state index in [1.54, 1.807) is 12.1 Å². The van der Waals surface area contributed by atoms with Crippen molar-refractivity contribution >= 4 is 21.6 Å². The molecule has 1 aromatic rings. The van der Waals surface area contributed by atoms with Crippen LogP contribution in [0.2, 0.25) is 5.02 Å². The lowest BCUT2D eigenvalue weighted by molar-refractivity contribution is 0.263. The second-order valence-corrected chi connectivity index (χ2v) is 6.55. The molecule has 0 bridgehead atoms. The number of benzene rings is 1. The molecular weight excluding hydrogens is 274 g/mol. The fraction of sp³-hybridized carbons (Fsp3) is 0.500. The van der Waals surface area contributed by atoms with Crippen LogP contribution in [-0.2, 0) is 10.0 Å². The van der Waals surface area contributed by atoms with Crippen molar-refractivity contribution in [3.8, 4) is 0 Å². The van der Waals surface area contributed by atoms with Crippen molar-refractivity contribution in [3.63, 3.8) is 0 Å². The summed E-state index contributed by atoms with van der Waals surface area (Å²) in [4.78, 5) is 0.0889. The minimum absolute atomic E-state index is 0.0498. The summed E-state index contributed by atoms with van der Waals surface area (Å²) < 4.78 is 26.5. The van der Waals surface area contributed by atoms with E-state index in [4.69, 9.17) is 16.7 Å². The number of hydrogen-bond donors (Lipinski definition) is 2. The quantitative estimate of drug-likeness (QED) is 0.842. The average molecular weight is 292 g/mol. The first-order valence-electron chi connectivity index (χ1n) is 5.73. The number of aliphatic hydroxyl groups is 1. The van der Waals surface area contributed by atoms with Crippen molar-refractivity contribution in [1.82, 2.24) is 4.72 Å². The molecule has 0 saturated carbocycles. The van der Waals surface area contributed by atoms with Crippen molar-refractivity contribution in [2.75, 3.05) is 13.2 Å². The molecule has 0 aliphatic heterocycles. The molecule has 18 heavy (non-hydrogen) atoms. The van der Waals surface area contributed by atoms with Gasteiger partial charge in [0.2, 0.25) is 10.0 Å². The highest BCUT2D eigenvalue weighted by molar-refractivity contribution is 7.89. The molecule has 1 unspecified atom stereocenters. The fourth-order valence-corrected chi connectivity index (χ4v) is 3.24. The Morgan fingerprint density at radius 2 is 2.11 bits per heavy atom. The van der Waals surface area contributed by atoms with E-state index in [0.29, 0.717) is 6.42 Å². The zero-order valence-corrected chi connectivity index (χ0v) is 12.1. The molecule has 0 spiro atoms. The summed E-state index contributed by atoms with van der Waals surface area (Å²) in [5.74, 6) is 0.0778. The van der Waals surface area contributed by atoms with Gasteiger partial charge in [-0.25, -0.2) is 13.1 Å². The van der Waals surface area contributed by atoms with E-state index in [0.717, 1.165) is 5.56 Å². The van der Waals surface area contributed by atoms with Gasteiger partial charge in [0.25, 0.3) is 0 Å². The van der Waals surface area contributed by atoms with Crippen LogP contribution in [0, 0.1) is 12.8 Å². The third-order valence-electron chi connectivity index (χ3n) is 2.62. The Morgan fingerprint density at radius 3 is 2.67 bits per heavy atom. The van der Waals surface area contributed by atoms with Gasteiger partial charge in [0.1, 0.15) is 4.90 Å². The van der Waals surface area contributed by atoms with Gasteiger partial charge in [0.15, 0.2) is 0 Å². The lowest BCUT2D eigenvalue weighted by Crippen LogP contribution is -2.29. The van der Waals surface area contributed by atoms with Crippen LogP contribution in [0.1, 0.15) is 18.9 Å². The van der Waals surface area contributed by atoms with Gasteiger partial charge in [-0.05, 0) is 37.0 Å². The molecule has 2 N–H and O–H groups in total. The molecule has 0 saturated heterocycles. The van der Waals surface area contributed by atoms with Crippen molar-refractivity contribution < 1.29 is 13.5 Å². The Kier molecular flexibility index (Phi) is 5.59. The second kappa shape index (κ2) is 6.52. The molecule has 0 aromatic heterocycles. The second-order valence-electron chi connectivity index (χ2n) is 4.40. The zero-order chi connectivity index (χ0) is 13.8. The molecule has 0 amide bonds. The van der Waals surface area contributed by atoms with Crippen molar-refractivity contribution in [3.05, 3.63) is 28.8 Å². The Morgan fingerprint density at radius 1 is 1.44 bits per heavy atom. The molecular formula is C12H18ClNO3S. The molecule has 6 heteroatoms. The predicted molar refractivity (Wildman–Crippen MR) is 72.2 cm³/mol. The molecule has 0 heterocycles. The summed E-state index contributed by atoms with van der Waals surface area (Å²) in [5.41, 5.74) is 0.910. The van der Waals surface area contributed by atoms with Crippen LogP contribution in [0.3, 0.4) is 0 Å². The van der Waals surface area contributed by atoms with Gasteiger partial charge in [-0.1, -0.05) is 24.6 Å². The molecule has 0 aliphatic rings. The number of sulfonamides is 1. The van der Waals surface area contributed by atoms with E-state index >= 15 is 0 Å². The number of hydrogen-bond acceptors (Lipinski definition) is 3. The summed E-state index contributed by atoms with van der Waals surface area (Å²) in [5, 5.41) is 8.98. The minimum atomic E-state index is -3.58. The maximum atomic E-state index is 12.0. The first-order valence-corrected chi connectivity index (χ1v) is 7.59. The van der Waals surface area contributed by atoms with Crippen LogP contribution in [-0.4, -0.2) is 26.7 Å². The first kappa shape index (κ1) is 15.4. The normalized spacial score (nSPS) is 13.6. The summed E-state index contributed by atoms with van der Waals surface area (Å²) >= 11 is 5.93. The van der Waals surface area contributed by atoms with Crippen molar-refractivity contribution in [2.45, 2.75) is 25.2 Å². The number of aryl methyl sites for hydroxylation is 1. The largest absolute Gasteiger partial charge is 0.396 e. The van der Waals surface area contributed by atoms with Crippen LogP contribution in [0.4, 0.5) is 0 Å². The zero-order valence-electron chi connectivity index (χ0n) is 10.5. The number of nitrogens with one attached hydrogen (secondary N) is 1. The van der Waals surface area contributed by atoms with Gasteiger partial charge in [0.05, 0.1) is 5.02 Å². The van der Waals surface area contributed by atoms with E-state index in [-0.39, 0.29) is 29.0 Å². The molecule has 0 fully saturated rings. The fourth-order valence-electron chi connectivity index (χ4n) is 1.48. The highest BCUT2D eigenvalue weighted by Gasteiger charge is 2.18. The average Bonchev–Trinajstić information content (AvgIpc) is 2.26. The Labute approximate surface area is 113 Å². The first-order chi connectivity index (χ1) is 8.36. The van der Waals surface area contributed by atoms with Gasteiger partial charge in [-0.15, -0.1) is 0 Å². The molecule has 102 valence electrons. The van der Waals surface area contributed by atoms with Gasteiger partial charge in [0, 0.05) is 13.2 Å². The highest BCUT2D eigenvalue weighted by atomic mass is 35.5. The van der Waals surface area contributed by atoms with Crippen molar-refractivity contribution in [2.24, 2.45) is 5.92 Å². The van der Waals surface area contributed by atoms with Crippen molar-refractivity contribution in [1.29, 1.82) is 0 Å². The smallest absolute Gasteiger partial charge is 0.242 e. The summed E-state index contributed by atoms with van der Waals surface area (Å²) in [7, 11) is -3.58. The molecule has 0 radical (unpaired) electrons. The Balaban J connectivity index is 2.80. The van der Waals surface area contributed by atoms with Crippen LogP contribution >= 0.6 is 11.6 Å². The van der Waals surface area contributed by atoms with E-state index in [2.05, 4.69) is 4.72 Å². The van der Waals surface area contributed by atoms with Gasteiger partial charge < -0.3 is 5.11 Å². The number of aliphatic hydroxyl groups excluding tert-OH is 1. The Bertz CT molecular complexity index is 502. The minimum Gasteiger partial charge on any atom is -0.396 e. The highest BCUT2D eigenvalue weighted by Crippen LogP contribution is 2.22. The number of rotatable bonds is 6. The summed E-state index contributed by atoms with van der Waals surface area (Å²) in [6, 6.07) is 4.82. The molecule has 1 atom stereocenters. The predicted octanol–water partition coefficient (Wildman–Crippen LogP) is 1.95. The molecule has 1 rings (SSSR count). The maximum Gasteiger partial charge on any atom is 0.242 e. The van der Waals surface area contributed by atoms with Crippen LogP contribution in [0.15, 0.2) is 23.1 Å². The van der Waals surface area contributed by atoms with Gasteiger partial charge in [-0.3, -0.25) is 0 Å². The SMILES string of the molecule is Cc1ccc(S(=O)(=O)NCC(C)CCO)c(Cl)c1. The topological polar surface area (TPSA) is 66.4 Å².